The van der Waals surface area contributed by atoms with Crippen molar-refractivity contribution in [1.29, 1.82) is 0 Å². The molecular weight excluding hydrogens is 418 g/mol. The fraction of sp³-hybridized carbons (Fsp3) is 0.320. The highest BCUT2D eigenvalue weighted by atomic mass is 16.5. The predicted molar refractivity (Wildman–Crippen MR) is 128 cm³/mol. The molecule has 2 aromatic carbocycles. The predicted octanol–water partition coefficient (Wildman–Crippen LogP) is 2.56. The van der Waals surface area contributed by atoms with Gasteiger partial charge in [0, 0.05) is 36.5 Å². The molecule has 0 fully saturated rings. The molecule has 174 valence electrons. The van der Waals surface area contributed by atoms with E-state index in [2.05, 4.69) is 22.5 Å². The summed E-state index contributed by atoms with van der Waals surface area (Å²) >= 11 is 0. The van der Waals surface area contributed by atoms with Crippen LogP contribution < -0.4 is 20.7 Å². The van der Waals surface area contributed by atoms with E-state index in [-0.39, 0.29) is 18.9 Å². The van der Waals surface area contributed by atoms with Crippen LogP contribution in [0.15, 0.2) is 54.6 Å². The highest BCUT2D eigenvalue weighted by Crippen LogP contribution is 2.20. The summed E-state index contributed by atoms with van der Waals surface area (Å²) < 4.78 is 7.16. The Labute approximate surface area is 194 Å². The van der Waals surface area contributed by atoms with E-state index in [0.717, 1.165) is 28.4 Å². The number of amides is 2. The zero-order valence-corrected chi connectivity index (χ0v) is 19.4. The Morgan fingerprint density at radius 3 is 2.42 bits per heavy atom. The lowest BCUT2D eigenvalue weighted by Gasteiger charge is -2.24. The average molecular weight is 450 g/mol. The van der Waals surface area contributed by atoms with Crippen LogP contribution in [0.2, 0.25) is 0 Å². The molecule has 0 spiro atoms. The Balaban J connectivity index is 1.65. The number of anilines is 1. The number of benzene rings is 2. The van der Waals surface area contributed by atoms with Crippen molar-refractivity contribution in [2.45, 2.75) is 33.4 Å². The number of nitrogens with one attached hydrogen (secondary N) is 1. The highest BCUT2D eigenvalue weighted by molar-refractivity contribution is 5.82. The molecule has 8 heteroatoms. The maximum Gasteiger partial charge on any atom is 0.239 e. The number of hydrogen-bond acceptors (Lipinski definition) is 5. The molecule has 3 N–H and O–H groups in total. The van der Waals surface area contributed by atoms with Gasteiger partial charge in [0.2, 0.25) is 11.8 Å². The first-order valence-electron chi connectivity index (χ1n) is 10.9. The number of carbonyl (C=O) groups is 2. The monoisotopic (exact) mass is 449 g/mol. The summed E-state index contributed by atoms with van der Waals surface area (Å²) in [5.41, 5.74) is 10.2. The number of primary amides is 1. The van der Waals surface area contributed by atoms with E-state index in [9.17, 15) is 9.59 Å². The van der Waals surface area contributed by atoms with E-state index < -0.39 is 5.91 Å². The Kier molecular flexibility index (Phi) is 8.07. The summed E-state index contributed by atoms with van der Waals surface area (Å²) in [5, 5.41) is 7.64. The molecule has 0 bridgehead atoms. The number of nitrogens with zero attached hydrogens (tertiary/aromatic N) is 3. The maximum absolute atomic E-state index is 12.8. The van der Waals surface area contributed by atoms with E-state index in [1.165, 1.54) is 5.56 Å². The maximum atomic E-state index is 12.8. The normalized spacial score (nSPS) is 10.6. The first kappa shape index (κ1) is 23.8. The topological polar surface area (TPSA) is 102 Å². The van der Waals surface area contributed by atoms with Gasteiger partial charge in [0.15, 0.2) is 0 Å². The van der Waals surface area contributed by atoms with Crippen molar-refractivity contribution in [3.8, 4) is 5.75 Å². The van der Waals surface area contributed by atoms with Crippen LogP contribution in [-0.2, 0) is 22.7 Å². The number of ether oxygens (including phenoxy) is 1. The molecule has 0 radical (unpaired) electrons. The third-order valence-electron chi connectivity index (χ3n) is 5.57. The first-order chi connectivity index (χ1) is 15.9. The van der Waals surface area contributed by atoms with Crippen LogP contribution >= 0.6 is 0 Å². The van der Waals surface area contributed by atoms with E-state index in [1.807, 2.05) is 65.9 Å². The van der Waals surface area contributed by atoms with Crippen LogP contribution in [0.3, 0.4) is 0 Å². The fourth-order valence-electron chi connectivity index (χ4n) is 3.65. The van der Waals surface area contributed by atoms with Gasteiger partial charge >= 0.3 is 0 Å². The largest absolute Gasteiger partial charge is 0.497 e. The standard InChI is InChI=1S/C25H31N5O3/c1-18-23(19(2)30(28-18)16-20-7-5-4-6-8-20)15-27-25(32)17-29(14-13-24(26)31)21-9-11-22(33-3)12-10-21/h4-12H,13-17H2,1-3H3,(H2,26,31)(H,27,32). The number of aryl methyl sites for hydroxylation is 1. The number of methoxy groups -OCH3 is 1. The second kappa shape index (κ2) is 11.2. The molecule has 0 unspecified atom stereocenters. The molecule has 0 atom stereocenters. The van der Waals surface area contributed by atoms with Crippen LogP contribution in [0.1, 0.15) is 28.9 Å². The van der Waals surface area contributed by atoms with Crippen molar-refractivity contribution >= 4 is 17.5 Å². The van der Waals surface area contributed by atoms with Gasteiger partial charge in [0.25, 0.3) is 0 Å². The number of carbonyl (C=O) groups excluding carboxylic acids is 2. The molecule has 3 aromatic rings. The Bertz CT molecular complexity index is 1080. The molecule has 0 saturated carbocycles. The Morgan fingerprint density at radius 1 is 1.09 bits per heavy atom. The number of hydrogen-bond donors (Lipinski definition) is 2. The van der Waals surface area contributed by atoms with Crippen molar-refractivity contribution < 1.29 is 14.3 Å². The van der Waals surface area contributed by atoms with Crippen molar-refractivity contribution in [1.82, 2.24) is 15.1 Å². The van der Waals surface area contributed by atoms with Crippen LogP contribution in [0, 0.1) is 13.8 Å². The van der Waals surface area contributed by atoms with Crippen molar-refractivity contribution in [3.05, 3.63) is 77.1 Å². The van der Waals surface area contributed by atoms with Gasteiger partial charge in [-0.15, -0.1) is 0 Å². The third kappa shape index (κ3) is 6.58. The van der Waals surface area contributed by atoms with Gasteiger partial charge in [-0.1, -0.05) is 30.3 Å². The minimum atomic E-state index is -0.411. The summed E-state index contributed by atoms with van der Waals surface area (Å²) in [6.07, 6.45) is 0.157. The SMILES string of the molecule is COc1ccc(N(CCC(N)=O)CC(=O)NCc2c(C)nn(Cc3ccccc3)c2C)cc1. The lowest BCUT2D eigenvalue weighted by molar-refractivity contribution is -0.120. The van der Waals surface area contributed by atoms with Gasteiger partial charge < -0.3 is 20.7 Å². The van der Waals surface area contributed by atoms with Crippen LogP contribution in [0.5, 0.6) is 5.75 Å². The number of rotatable bonds is 11. The van der Waals surface area contributed by atoms with Gasteiger partial charge in [-0.25, -0.2) is 0 Å². The van der Waals surface area contributed by atoms with Crippen molar-refractivity contribution in [3.63, 3.8) is 0 Å². The van der Waals surface area contributed by atoms with E-state index >= 15 is 0 Å². The lowest BCUT2D eigenvalue weighted by atomic mass is 10.2. The Hall–Kier alpha value is -3.81. The molecule has 1 aromatic heterocycles. The highest BCUT2D eigenvalue weighted by Gasteiger charge is 2.16. The van der Waals surface area contributed by atoms with Gasteiger partial charge in [-0.3, -0.25) is 14.3 Å². The summed E-state index contributed by atoms with van der Waals surface area (Å²) in [6.45, 7) is 5.49. The zero-order chi connectivity index (χ0) is 23.8. The molecule has 0 aliphatic heterocycles. The molecule has 33 heavy (non-hydrogen) atoms. The van der Waals surface area contributed by atoms with Crippen LogP contribution in [0.25, 0.3) is 0 Å². The number of nitrogens with two attached hydrogens (primary N) is 1. The molecule has 0 saturated heterocycles. The van der Waals surface area contributed by atoms with Gasteiger partial charge in [0.1, 0.15) is 5.75 Å². The minimum Gasteiger partial charge on any atom is -0.497 e. The van der Waals surface area contributed by atoms with Crippen LogP contribution in [0.4, 0.5) is 5.69 Å². The zero-order valence-electron chi connectivity index (χ0n) is 19.4. The molecule has 0 aliphatic carbocycles. The molecule has 8 nitrogen and oxygen atoms in total. The molecular formula is C25H31N5O3. The average Bonchev–Trinajstić information content (AvgIpc) is 3.08. The Morgan fingerprint density at radius 2 is 1.79 bits per heavy atom. The van der Waals surface area contributed by atoms with E-state index in [4.69, 9.17) is 10.5 Å². The van der Waals surface area contributed by atoms with Crippen molar-refractivity contribution in [2.75, 3.05) is 25.1 Å². The smallest absolute Gasteiger partial charge is 0.239 e. The minimum absolute atomic E-state index is 0.107. The first-order valence-corrected chi connectivity index (χ1v) is 10.9. The number of aromatic nitrogens is 2. The van der Waals surface area contributed by atoms with Crippen LogP contribution in [-0.4, -0.2) is 41.8 Å². The summed E-state index contributed by atoms with van der Waals surface area (Å²) in [6, 6.07) is 17.5. The summed E-state index contributed by atoms with van der Waals surface area (Å²) in [5.74, 6) is 0.160. The quantitative estimate of drug-likeness (QED) is 0.468. The third-order valence-corrected chi connectivity index (χ3v) is 5.57. The lowest BCUT2D eigenvalue weighted by Crippen LogP contribution is -2.38. The van der Waals surface area contributed by atoms with Gasteiger partial charge in [-0.2, -0.15) is 5.10 Å². The summed E-state index contributed by atoms with van der Waals surface area (Å²) in [7, 11) is 1.60. The molecule has 3 rings (SSSR count). The van der Waals surface area contributed by atoms with E-state index in [0.29, 0.717) is 19.6 Å². The van der Waals surface area contributed by atoms with E-state index in [1.54, 1.807) is 7.11 Å². The fourth-order valence-corrected chi connectivity index (χ4v) is 3.65. The van der Waals surface area contributed by atoms with Gasteiger partial charge in [0.05, 0.1) is 25.9 Å². The molecule has 0 aliphatic rings. The molecule has 1 heterocycles. The molecule has 2 amide bonds. The summed E-state index contributed by atoms with van der Waals surface area (Å²) in [4.78, 5) is 25.9. The second-order valence-electron chi connectivity index (χ2n) is 7.91. The van der Waals surface area contributed by atoms with Crippen molar-refractivity contribution in [2.24, 2.45) is 5.73 Å². The second-order valence-corrected chi connectivity index (χ2v) is 7.91. The van der Waals surface area contributed by atoms with Gasteiger partial charge in [-0.05, 0) is 43.7 Å².